The third-order valence-corrected chi connectivity index (χ3v) is 5.53. The lowest BCUT2D eigenvalue weighted by atomic mass is 9.88. The summed E-state index contributed by atoms with van der Waals surface area (Å²) < 4.78 is 5.24. The van der Waals surface area contributed by atoms with Crippen molar-refractivity contribution < 1.29 is 9.53 Å². The number of fused-ring (bicyclic) bond motifs is 1. The molecule has 0 saturated heterocycles. The van der Waals surface area contributed by atoms with E-state index in [9.17, 15) is 4.79 Å². The number of hydrogen-bond donors (Lipinski definition) is 2. The summed E-state index contributed by atoms with van der Waals surface area (Å²) in [6.45, 7) is 0. The van der Waals surface area contributed by atoms with Gasteiger partial charge in [-0.3, -0.25) is 0 Å². The average molecular weight is 350 g/mol. The van der Waals surface area contributed by atoms with Crippen molar-refractivity contribution in [2.75, 3.05) is 7.11 Å². The predicted molar refractivity (Wildman–Crippen MR) is 102 cm³/mol. The molecule has 2 aliphatic rings. The monoisotopic (exact) mass is 350 g/mol. The number of carbonyl (C=O) groups is 1. The van der Waals surface area contributed by atoms with Gasteiger partial charge in [0, 0.05) is 0 Å². The van der Waals surface area contributed by atoms with Gasteiger partial charge in [-0.05, 0) is 66.8 Å². The molecule has 2 N–H and O–H groups in total. The Hall–Kier alpha value is -2.49. The second kappa shape index (κ2) is 7.40. The molecule has 2 unspecified atom stereocenters. The van der Waals surface area contributed by atoms with Crippen molar-refractivity contribution in [2.24, 2.45) is 5.92 Å². The molecule has 0 heterocycles. The minimum absolute atomic E-state index is 0.0692. The van der Waals surface area contributed by atoms with Gasteiger partial charge in [0.05, 0.1) is 19.2 Å². The molecule has 0 radical (unpaired) electrons. The zero-order chi connectivity index (χ0) is 17.9. The number of methoxy groups -OCH3 is 1. The van der Waals surface area contributed by atoms with Crippen molar-refractivity contribution >= 4 is 6.03 Å². The molecule has 2 amide bonds. The van der Waals surface area contributed by atoms with E-state index in [-0.39, 0.29) is 18.1 Å². The third-order valence-electron chi connectivity index (χ3n) is 5.53. The van der Waals surface area contributed by atoms with Gasteiger partial charge in [-0.1, -0.05) is 36.4 Å². The first-order valence-electron chi connectivity index (χ1n) is 9.53. The van der Waals surface area contributed by atoms with Crippen molar-refractivity contribution in [1.82, 2.24) is 10.6 Å². The first-order chi connectivity index (χ1) is 12.7. The van der Waals surface area contributed by atoms with Gasteiger partial charge in [0.25, 0.3) is 0 Å². The first kappa shape index (κ1) is 17.0. The van der Waals surface area contributed by atoms with E-state index < -0.39 is 0 Å². The van der Waals surface area contributed by atoms with E-state index in [0.717, 1.165) is 30.6 Å². The second-order valence-electron chi connectivity index (χ2n) is 7.35. The molecule has 0 aromatic heterocycles. The van der Waals surface area contributed by atoms with E-state index in [4.69, 9.17) is 4.74 Å². The van der Waals surface area contributed by atoms with Gasteiger partial charge in [-0.25, -0.2) is 4.79 Å². The lowest BCUT2D eigenvalue weighted by Crippen LogP contribution is -2.41. The Labute approximate surface area is 155 Å². The number of nitrogens with one attached hydrogen (secondary N) is 2. The van der Waals surface area contributed by atoms with E-state index in [1.807, 2.05) is 12.1 Å². The molecule has 136 valence electrons. The first-order valence-corrected chi connectivity index (χ1v) is 9.53. The topological polar surface area (TPSA) is 50.4 Å². The molecule has 26 heavy (non-hydrogen) atoms. The molecular weight excluding hydrogens is 324 g/mol. The van der Waals surface area contributed by atoms with Crippen LogP contribution in [-0.2, 0) is 6.42 Å². The Bertz CT molecular complexity index is 768. The van der Waals surface area contributed by atoms with Crippen molar-refractivity contribution in [2.45, 2.75) is 44.2 Å². The minimum Gasteiger partial charge on any atom is -0.497 e. The highest BCUT2D eigenvalue weighted by atomic mass is 16.5. The van der Waals surface area contributed by atoms with Crippen LogP contribution in [0.1, 0.15) is 54.5 Å². The zero-order valence-corrected chi connectivity index (χ0v) is 15.2. The fourth-order valence-electron chi connectivity index (χ4n) is 3.96. The number of rotatable bonds is 5. The van der Waals surface area contributed by atoms with Crippen LogP contribution >= 0.6 is 0 Å². The summed E-state index contributed by atoms with van der Waals surface area (Å²) >= 11 is 0. The van der Waals surface area contributed by atoms with Gasteiger partial charge < -0.3 is 15.4 Å². The maximum atomic E-state index is 12.7. The van der Waals surface area contributed by atoms with Gasteiger partial charge in [0.2, 0.25) is 0 Å². The van der Waals surface area contributed by atoms with Crippen LogP contribution in [0.25, 0.3) is 0 Å². The molecule has 2 atom stereocenters. The minimum atomic E-state index is -0.0700. The van der Waals surface area contributed by atoms with Gasteiger partial charge in [-0.2, -0.15) is 0 Å². The molecule has 2 aromatic carbocycles. The molecule has 1 saturated carbocycles. The van der Waals surface area contributed by atoms with Crippen LogP contribution in [0.2, 0.25) is 0 Å². The molecule has 0 spiro atoms. The number of benzene rings is 2. The number of ether oxygens (including phenoxy) is 1. The highest BCUT2D eigenvalue weighted by Gasteiger charge is 2.34. The summed E-state index contributed by atoms with van der Waals surface area (Å²) in [6.07, 6.45) is 5.56. The van der Waals surface area contributed by atoms with Gasteiger partial charge >= 0.3 is 6.03 Å². The SMILES string of the molecule is COc1ccc(C(NC(=O)NC2CCCc3ccccc32)C2CC2)cc1. The normalized spacial score (nSPS) is 20.0. The molecule has 4 heteroatoms. The highest BCUT2D eigenvalue weighted by Crippen LogP contribution is 2.41. The van der Waals surface area contributed by atoms with Crippen molar-refractivity contribution in [1.29, 1.82) is 0 Å². The quantitative estimate of drug-likeness (QED) is 0.833. The summed E-state index contributed by atoms with van der Waals surface area (Å²) in [6, 6.07) is 16.6. The Morgan fingerprint density at radius 1 is 1.08 bits per heavy atom. The van der Waals surface area contributed by atoms with Crippen molar-refractivity contribution in [3.05, 3.63) is 65.2 Å². The molecule has 0 bridgehead atoms. The average Bonchev–Trinajstić information content (AvgIpc) is 3.52. The molecule has 4 rings (SSSR count). The lowest BCUT2D eigenvalue weighted by molar-refractivity contribution is 0.230. The van der Waals surface area contributed by atoms with Crippen LogP contribution in [0, 0.1) is 5.92 Å². The van der Waals surface area contributed by atoms with Crippen molar-refractivity contribution in [3.63, 3.8) is 0 Å². The lowest BCUT2D eigenvalue weighted by Gasteiger charge is -2.28. The van der Waals surface area contributed by atoms with Crippen LogP contribution in [-0.4, -0.2) is 13.1 Å². The summed E-state index contributed by atoms with van der Waals surface area (Å²) in [5, 5.41) is 6.43. The fourth-order valence-corrected chi connectivity index (χ4v) is 3.96. The van der Waals surface area contributed by atoms with Crippen LogP contribution in [0.5, 0.6) is 5.75 Å². The van der Waals surface area contributed by atoms with E-state index in [2.05, 4.69) is 47.0 Å². The smallest absolute Gasteiger partial charge is 0.315 e. The fraction of sp³-hybridized carbons (Fsp3) is 0.409. The molecule has 0 aliphatic heterocycles. The predicted octanol–water partition coefficient (Wildman–Crippen LogP) is 4.52. The summed E-state index contributed by atoms with van der Waals surface area (Å²) in [7, 11) is 1.67. The number of urea groups is 1. The van der Waals surface area contributed by atoms with Gasteiger partial charge in [0.1, 0.15) is 5.75 Å². The molecule has 2 aromatic rings. The zero-order valence-electron chi connectivity index (χ0n) is 15.2. The largest absolute Gasteiger partial charge is 0.497 e. The Balaban J connectivity index is 1.44. The van der Waals surface area contributed by atoms with Gasteiger partial charge in [0.15, 0.2) is 0 Å². The van der Waals surface area contributed by atoms with E-state index in [0.29, 0.717) is 5.92 Å². The molecule has 4 nitrogen and oxygen atoms in total. The highest BCUT2D eigenvalue weighted by molar-refractivity contribution is 5.75. The van der Waals surface area contributed by atoms with E-state index >= 15 is 0 Å². The van der Waals surface area contributed by atoms with Crippen molar-refractivity contribution in [3.8, 4) is 5.75 Å². The van der Waals surface area contributed by atoms with Crippen LogP contribution in [0.3, 0.4) is 0 Å². The second-order valence-corrected chi connectivity index (χ2v) is 7.35. The maximum absolute atomic E-state index is 12.7. The maximum Gasteiger partial charge on any atom is 0.315 e. The van der Waals surface area contributed by atoms with E-state index in [1.165, 1.54) is 24.0 Å². The van der Waals surface area contributed by atoms with Crippen LogP contribution < -0.4 is 15.4 Å². The van der Waals surface area contributed by atoms with E-state index in [1.54, 1.807) is 7.11 Å². The molecule has 2 aliphatic carbocycles. The molecular formula is C22H26N2O2. The Kier molecular flexibility index (Phi) is 4.83. The number of hydrogen-bond acceptors (Lipinski definition) is 2. The number of carbonyl (C=O) groups excluding carboxylic acids is 1. The third kappa shape index (κ3) is 3.69. The Morgan fingerprint density at radius 3 is 2.58 bits per heavy atom. The standard InChI is InChI=1S/C22H26N2O2/c1-26-18-13-11-17(12-14-18)21(16-9-10-16)24-22(25)23-20-8-4-6-15-5-2-3-7-19(15)20/h2-3,5,7,11-14,16,20-21H,4,6,8-10H2,1H3,(H2,23,24,25). The number of amides is 2. The Morgan fingerprint density at radius 2 is 1.85 bits per heavy atom. The summed E-state index contributed by atoms with van der Waals surface area (Å²) in [5.41, 5.74) is 3.77. The summed E-state index contributed by atoms with van der Waals surface area (Å²) in [5.74, 6) is 1.37. The van der Waals surface area contributed by atoms with Gasteiger partial charge in [-0.15, -0.1) is 0 Å². The molecule has 1 fully saturated rings. The summed E-state index contributed by atoms with van der Waals surface area (Å²) in [4.78, 5) is 12.7. The van der Waals surface area contributed by atoms with Crippen LogP contribution in [0.4, 0.5) is 4.79 Å². The number of aryl methyl sites for hydroxylation is 1. The van der Waals surface area contributed by atoms with Crippen LogP contribution in [0.15, 0.2) is 48.5 Å².